The Morgan fingerprint density at radius 1 is 0.955 bits per heavy atom. The Balaban J connectivity index is 1.55. The lowest BCUT2D eigenvalue weighted by Crippen LogP contribution is -2.32. The Labute approximate surface area is 132 Å². The molecule has 1 aromatic carbocycles. The van der Waals surface area contributed by atoms with Gasteiger partial charge in [-0.25, -0.2) is 0 Å². The summed E-state index contributed by atoms with van der Waals surface area (Å²) in [5, 5.41) is 4.31. The molecule has 0 unspecified atom stereocenters. The Morgan fingerprint density at radius 2 is 1.64 bits per heavy atom. The molecule has 0 spiro atoms. The molecule has 5 atom stereocenters. The van der Waals surface area contributed by atoms with E-state index in [-0.39, 0.29) is 10.9 Å². The largest absolute Gasteiger partial charge is 0.299 e. The summed E-state index contributed by atoms with van der Waals surface area (Å²) in [4.78, 5) is 0.241. The van der Waals surface area contributed by atoms with Crippen LogP contribution in [0.2, 0.25) is 0 Å². The van der Waals surface area contributed by atoms with Crippen LogP contribution >= 0.6 is 0 Å². The highest BCUT2D eigenvalue weighted by atomic mass is 32.2. The van der Waals surface area contributed by atoms with Crippen LogP contribution in [0.1, 0.15) is 37.7 Å². The van der Waals surface area contributed by atoms with Crippen molar-refractivity contribution in [1.82, 2.24) is 0 Å². The molecule has 3 aliphatic carbocycles. The minimum Gasteiger partial charge on any atom is -0.198 e. The highest BCUT2D eigenvalue weighted by molar-refractivity contribution is 7.90. The summed E-state index contributed by atoms with van der Waals surface area (Å²) in [7, 11) is -3.65. The highest BCUT2D eigenvalue weighted by Gasteiger charge is 2.49. The number of sulfonamides is 1. The van der Waals surface area contributed by atoms with Gasteiger partial charge in [0.15, 0.2) is 0 Å². The second-order valence-electron chi connectivity index (χ2n) is 7.39. The standard InChI is InChI=1S/C17H22N2O2S/c1-11-2-4-15(5-3-11)22(20,21)19-18-17-10-13-6-12-7-14(8-13)16(17)9-12/h2-5,12-14,16-17H,6-10H2,1H3/t12-,13+,14-,16-,17+/m1/s1. The molecule has 0 aliphatic heterocycles. The first-order chi connectivity index (χ1) is 10.5. The molecule has 0 amide bonds. The lowest BCUT2D eigenvalue weighted by atomic mass is 9.70. The third-order valence-corrected chi connectivity index (χ3v) is 7.02. The molecule has 1 aromatic rings. The topological polar surface area (TPSA) is 58.9 Å². The summed E-state index contributed by atoms with van der Waals surface area (Å²) in [6.07, 6.45) is 6.25. The lowest BCUT2D eigenvalue weighted by Gasteiger charge is -2.37. The van der Waals surface area contributed by atoms with Crippen LogP contribution in [-0.2, 0) is 10.0 Å². The van der Waals surface area contributed by atoms with Gasteiger partial charge in [0, 0.05) is 0 Å². The number of fused-ring (bicyclic) bond motifs is 2. The van der Waals surface area contributed by atoms with E-state index < -0.39 is 10.0 Å². The maximum Gasteiger partial charge on any atom is 0.299 e. The molecule has 4 nitrogen and oxygen atoms in total. The fourth-order valence-electron chi connectivity index (χ4n) is 4.93. The highest BCUT2D eigenvalue weighted by Crippen LogP contribution is 2.55. The summed E-state index contributed by atoms with van der Waals surface area (Å²) in [5.41, 5.74) is 1.04. The van der Waals surface area contributed by atoms with Crippen molar-refractivity contribution >= 4 is 10.0 Å². The van der Waals surface area contributed by atoms with Crippen molar-refractivity contribution in [3.63, 3.8) is 0 Å². The van der Waals surface area contributed by atoms with Crippen molar-refractivity contribution in [2.45, 2.75) is 50.0 Å². The van der Waals surface area contributed by atoms with Gasteiger partial charge in [-0.15, -0.1) is 0 Å². The van der Waals surface area contributed by atoms with Crippen LogP contribution < -0.4 is 0 Å². The van der Waals surface area contributed by atoms with Crippen LogP contribution in [0, 0.1) is 30.6 Å². The maximum atomic E-state index is 12.3. The van der Waals surface area contributed by atoms with E-state index >= 15 is 0 Å². The molecular formula is C17H22N2O2S. The summed E-state index contributed by atoms with van der Waals surface area (Å²) >= 11 is 0. The molecule has 4 rings (SSSR count). The average Bonchev–Trinajstić information content (AvgIpc) is 2.70. The zero-order valence-electron chi connectivity index (χ0n) is 12.9. The quantitative estimate of drug-likeness (QED) is 0.792. The first-order valence-corrected chi connectivity index (χ1v) is 9.69. The van der Waals surface area contributed by atoms with Crippen LogP contribution in [0.15, 0.2) is 38.8 Å². The molecule has 0 N–H and O–H groups in total. The predicted molar refractivity (Wildman–Crippen MR) is 84.1 cm³/mol. The van der Waals surface area contributed by atoms with E-state index in [0.29, 0.717) is 5.92 Å². The van der Waals surface area contributed by atoms with E-state index in [0.717, 1.165) is 29.7 Å². The van der Waals surface area contributed by atoms with Crippen LogP contribution in [0.3, 0.4) is 0 Å². The molecule has 118 valence electrons. The van der Waals surface area contributed by atoms with Gasteiger partial charge in [-0.2, -0.15) is 13.5 Å². The summed E-state index contributed by atoms with van der Waals surface area (Å²) in [6.45, 7) is 1.94. The minimum absolute atomic E-state index is 0.122. The lowest BCUT2D eigenvalue weighted by molar-refractivity contribution is 0.154. The zero-order valence-corrected chi connectivity index (χ0v) is 13.7. The molecule has 3 aliphatic rings. The zero-order chi connectivity index (χ0) is 15.3. The SMILES string of the molecule is Cc1ccc(S(=O)(=O)N=N[C@H]2C[C@H]3C[C@@H]4C[C@H](C3)[C@H]2C4)cc1. The summed E-state index contributed by atoms with van der Waals surface area (Å²) < 4.78 is 28.4. The van der Waals surface area contributed by atoms with Gasteiger partial charge in [-0.1, -0.05) is 22.2 Å². The van der Waals surface area contributed by atoms with Gasteiger partial charge in [0.05, 0.1) is 10.9 Å². The van der Waals surface area contributed by atoms with Crippen LogP contribution in [-0.4, -0.2) is 14.5 Å². The molecule has 0 radical (unpaired) electrons. The molecule has 3 fully saturated rings. The third kappa shape index (κ3) is 2.49. The predicted octanol–water partition coefficient (Wildman–Crippen LogP) is 3.96. The number of rotatable bonds is 3. The second kappa shape index (κ2) is 5.15. The van der Waals surface area contributed by atoms with Crippen molar-refractivity contribution in [1.29, 1.82) is 0 Å². The molecule has 0 saturated heterocycles. The summed E-state index contributed by atoms with van der Waals surface area (Å²) in [6, 6.07) is 6.94. The number of benzene rings is 1. The van der Waals surface area contributed by atoms with Gasteiger partial charge in [-0.05, 0) is 74.8 Å². The minimum atomic E-state index is -3.65. The number of hydrogen-bond acceptors (Lipinski definition) is 3. The van der Waals surface area contributed by atoms with Crippen molar-refractivity contribution in [3.05, 3.63) is 29.8 Å². The van der Waals surface area contributed by atoms with Crippen molar-refractivity contribution in [2.24, 2.45) is 33.3 Å². The van der Waals surface area contributed by atoms with E-state index in [1.165, 1.54) is 25.7 Å². The average molecular weight is 318 g/mol. The Hall–Kier alpha value is -1.23. The van der Waals surface area contributed by atoms with E-state index in [1.54, 1.807) is 24.3 Å². The van der Waals surface area contributed by atoms with E-state index in [2.05, 4.69) is 9.63 Å². The van der Waals surface area contributed by atoms with Gasteiger partial charge < -0.3 is 0 Å². The number of hydrogen-bond donors (Lipinski definition) is 0. The van der Waals surface area contributed by atoms with E-state index in [4.69, 9.17) is 0 Å². The second-order valence-corrected chi connectivity index (χ2v) is 8.97. The Morgan fingerprint density at radius 3 is 2.36 bits per heavy atom. The molecule has 3 bridgehead atoms. The van der Waals surface area contributed by atoms with Crippen molar-refractivity contribution < 1.29 is 8.42 Å². The monoisotopic (exact) mass is 318 g/mol. The smallest absolute Gasteiger partial charge is 0.198 e. The molecule has 22 heavy (non-hydrogen) atoms. The van der Waals surface area contributed by atoms with Gasteiger partial charge in [0.1, 0.15) is 0 Å². The van der Waals surface area contributed by atoms with E-state index in [9.17, 15) is 8.42 Å². The van der Waals surface area contributed by atoms with Gasteiger partial charge >= 0.3 is 0 Å². The normalized spacial score (nSPS) is 37.0. The van der Waals surface area contributed by atoms with Crippen molar-refractivity contribution in [2.75, 3.05) is 0 Å². The molecule has 0 heterocycles. The molecule has 0 aromatic heterocycles. The molecule has 3 saturated carbocycles. The Kier molecular flexibility index (Phi) is 3.36. The van der Waals surface area contributed by atoms with Gasteiger partial charge in [0.25, 0.3) is 10.0 Å². The fourth-order valence-corrected chi connectivity index (χ4v) is 5.75. The third-order valence-electron chi connectivity index (χ3n) is 5.84. The van der Waals surface area contributed by atoms with E-state index in [1.807, 2.05) is 6.92 Å². The number of nitrogens with zero attached hydrogens (tertiary/aromatic N) is 2. The first kappa shape index (κ1) is 14.4. The Bertz CT molecular complexity index is 694. The maximum absolute atomic E-state index is 12.3. The fraction of sp³-hybridized carbons (Fsp3) is 0.647. The summed E-state index contributed by atoms with van der Waals surface area (Å²) in [5.74, 6) is 2.94. The van der Waals surface area contributed by atoms with Gasteiger partial charge in [0.2, 0.25) is 0 Å². The number of aryl methyl sites for hydroxylation is 1. The first-order valence-electron chi connectivity index (χ1n) is 8.25. The van der Waals surface area contributed by atoms with Gasteiger partial charge in [-0.3, -0.25) is 0 Å². The molecular weight excluding hydrogens is 296 g/mol. The van der Waals surface area contributed by atoms with Crippen LogP contribution in [0.5, 0.6) is 0 Å². The van der Waals surface area contributed by atoms with Crippen LogP contribution in [0.25, 0.3) is 0 Å². The van der Waals surface area contributed by atoms with Crippen molar-refractivity contribution in [3.8, 4) is 0 Å². The molecule has 5 heteroatoms. The van der Waals surface area contributed by atoms with Crippen LogP contribution in [0.4, 0.5) is 0 Å².